The third-order valence-corrected chi connectivity index (χ3v) is 6.11. The highest BCUT2D eigenvalue weighted by atomic mass is 32.2. The van der Waals surface area contributed by atoms with Crippen LogP contribution in [0.5, 0.6) is 17.2 Å². The van der Waals surface area contributed by atoms with E-state index >= 15 is 0 Å². The Morgan fingerprint density at radius 2 is 1.97 bits per heavy atom. The summed E-state index contributed by atoms with van der Waals surface area (Å²) < 4.78 is 16.3. The second-order valence-electron chi connectivity index (χ2n) is 7.24. The number of carbonyl (C=O) groups is 2. The maximum Gasteiger partial charge on any atom is 0.238 e. The molecule has 168 valence electrons. The molecule has 1 N–H and O–H groups in total. The standard InChI is InChI=1S/C23H25N3O5S/c1-3-11-29-17-8-5-15(6-9-17)24-22(28)20-13-21(27)26(4-2)23(32-20)25-16-7-10-18-19(12-16)31-14-30-18/h5-10,12,20H,3-4,11,13-14H2,1-2H3,(H,24,28)/t20-/m1/s1. The summed E-state index contributed by atoms with van der Waals surface area (Å²) in [5, 5.41) is 2.81. The van der Waals surface area contributed by atoms with Crippen molar-refractivity contribution >= 4 is 40.1 Å². The van der Waals surface area contributed by atoms with Gasteiger partial charge in [-0.1, -0.05) is 18.7 Å². The van der Waals surface area contributed by atoms with E-state index in [1.807, 2.05) is 26.0 Å². The van der Waals surface area contributed by atoms with Gasteiger partial charge < -0.3 is 19.5 Å². The number of anilines is 1. The molecule has 1 atom stereocenters. The lowest BCUT2D eigenvalue weighted by Crippen LogP contribution is -2.45. The fourth-order valence-corrected chi connectivity index (χ4v) is 4.46. The molecule has 0 aromatic heterocycles. The van der Waals surface area contributed by atoms with Gasteiger partial charge in [-0.2, -0.15) is 0 Å². The van der Waals surface area contributed by atoms with Gasteiger partial charge in [0, 0.05) is 24.7 Å². The number of fused-ring (bicyclic) bond motifs is 1. The van der Waals surface area contributed by atoms with Crippen LogP contribution in [0, 0.1) is 0 Å². The van der Waals surface area contributed by atoms with Crippen molar-refractivity contribution in [1.29, 1.82) is 0 Å². The predicted molar refractivity (Wildman–Crippen MR) is 124 cm³/mol. The van der Waals surface area contributed by atoms with Crippen molar-refractivity contribution in [3.63, 3.8) is 0 Å². The number of thioether (sulfide) groups is 1. The Bertz CT molecular complexity index is 1020. The number of hydrogen-bond donors (Lipinski definition) is 1. The molecule has 2 aliphatic heterocycles. The van der Waals surface area contributed by atoms with E-state index < -0.39 is 5.25 Å². The number of amides is 2. The number of hydrogen-bond acceptors (Lipinski definition) is 7. The number of amidine groups is 1. The molecule has 1 fully saturated rings. The fraction of sp³-hybridized carbons (Fsp3) is 0.348. The summed E-state index contributed by atoms with van der Waals surface area (Å²) in [7, 11) is 0. The molecule has 4 rings (SSSR count). The molecule has 0 radical (unpaired) electrons. The maximum atomic E-state index is 12.9. The first-order valence-electron chi connectivity index (χ1n) is 10.6. The van der Waals surface area contributed by atoms with E-state index in [0.717, 1.165) is 12.2 Å². The van der Waals surface area contributed by atoms with E-state index in [0.29, 0.717) is 41.2 Å². The number of rotatable bonds is 7. The zero-order valence-corrected chi connectivity index (χ0v) is 18.8. The van der Waals surface area contributed by atoms with E-state index in [9.17, 15) is 9.59 Å². The van der Waals surface area contributed by atoms with Crippen LogP contribution in [0.1, 0.15) is 26.7 Å². The molecule has 32 heavy (non-hydrogen) atoms. The Kier molecular flexibility index (Phi) is 6.84. The Morgan fingerprint density at radius 3 is 2.72 bits per heavy atom. The lowest BCUT2D eigenvalue weighted by atomic mass is 10.2. The molecule has 0 unspecified atom stereocenters. The van der Waals surface area contributed by atoms with Gasteiger partial charge in [0.1, 0.15) is 11.0 Å². The van der Waals surface area contributed by atoms with Crippen molar-refractivity contribution in [1.82, 2.24) is 4.90 Å². The van der Waals surface area contributed by atoms with Gasteiger partial charge in [0.05, 0.1) is 12.3 Å². The highest BCUT2D eigenvalue weighted by Crippen LogP contribution is 2.37. The zero-order valence-electron chi connectivity index (χ0n) is 18.0. The average molecular weight is 456 g/mol. The molecule has 2 amide bonds. The smallest absolute Gasteiger partial charge is 0.238 e. The predicted octanol–water partition coefficient (Wildman–Crippen LogP) is 4.18. The zero-order chi connectivity index (χ0) is 22.5. The van der Waals surface area contributed by atoms with Crippen LogP contribution in [0.3, 0.4) is 0 Å². The van der Waals surface area contributed by atoms with Gasteiger partial charge in [0.2, 0.25) is 18.6 Å². The lowest BCUT2D eigenvalue weighted by Gasteiger charge is -2.30. The van der Waals surface area contributed by atoms with Crippen LogP contribution in [0.4, 0.5) is 11.4 Å². The Balaban J connectivity index is 1.47. The number of carbonyl (C=O) groups excluding carboxylic acids is 2. The topological polar surface area (TPSA) is 89.5 Å². The Morgan fingerprint density at radius 1 is 1.19 bits per heavy atom. The maximum absolute atomic E-state index is 12.9. The van der Waals surface area contributed by atoms with Crippen molar-refractivity contribution in [3.8, 4) is 17.2 Å². The summed E-state index contributed by atoms with van der Waals surface area (Å²) in [6.45, 7) is 5.23. The molecule has 2 aromatic carbocycles. The monoisotopic (exact) mass is 455 g/mol. The number of benzene rings is 2. The normalized spacial score (nSPS) is 18.7. The Labute approximate surface area is 190 Å². The van der Waals surface area contributed by atoms with Crippen LogP contribution in [0.15, 0.2) is 47.5 Å². The van der Waals surface area contributed by atoms with Crippen molar-refractivity contribution in [2.45, 2.75) is 31.9 Å². The van der Waals surface area contributed by atoms with E-state index in [4.69, 9.17) is 14.2 Å². The van der Waals surface area contributed by atoms with Crippen LogP contribution in [0.25, 0.3) is 0 Å². The molecule has 2 aromatic rings. The number of nitrogens with one attached hydrogen (secondary N) is 1. The number of ether oxygens (including phenoxy) is 3. The minimum atomic E-state index is -0.575. The number of nitrogens with zero attached hydrogens (tertiary/aromatic N) is 2. The molecule has 0 bridgehead atoms. The first kappa shape index (κ1) is 22.0. The quantitative estimate of drug-likeness (QED) is 0.674. The van der Waals surface area contributed by atoms with Crippen molar-refractivity contribution < 1.29 is 23.8 Å². The third-order valence-electron chi connectivity index (χ3n) is 4.92. The first-order chi connectivity index (χ1) is 15.6. The van der Waals surface area contributed by atoms with Crippen molar-refractivity contribution in [2.75, 3.05) is 25.3 Å². The minimum Gasteiger partial charge on any atom is -0.494 e. The molecular weight excluding hydrogens is 430 g/mol. The van der Waals surface area contributed by atoms with Gasteiger partial charge in [-0.15, -0.1) is 0 Å². The minimum absolute atomic E-state index is 0.113. The summed E-state index contributed by atoms with van der Waals surface area (Å²) in [4.78, 5) is 31.8. The van der Waals surface area contributed by atoms with Gasteiger partial charge in [-0.05, 0) is 49.7 Å². The second kappa shape index (κ2) is 9.95. The first-order valence-corrected chi connectivity index (χ1v) is 11.4. The molecule has 8 nitrogen and oxygen atoms in total. The molecular formula is C23H25N3O5S. The van der Waals surface area contributed by atoms with Gasteiger partial charge >= 0.3 is 0 Å². The summed E-state index contributed by atoms with van der Waals surface area (Å²) >= 11 is 1.28. The third kappa shape index (κ3) is 4.99. The highest BCUT2D eigenvalue weighted by molar-refractivity contribution is 8.15. The molecule has 9 heteroatoms. The van der Waals surface area contributed by atoms with Crippen molar-refractivity contribution in [2.24, 2.45) is 4.99 Å². The molecule has 2 aliphatic rings. The number of aliphatic imine (C=N–C) groups is 1. The van der Waals surface area contributed by atoms with Gasteiger partial charge in [0.15, 0.2) is 16.7 Å². The molecule has 1 saturated heterocycles. The Hall–Kier alpha value is -3.20. The fourth-order valence-electron chi connectivity index (χ4n) is 3.29. The molecule has 0 saturated carbocycles. The SMILES string of the molecule is CCCOc1ccc(NC(=O)[C@H]2CC(=O)N(CC)C(=Nc3ccc4c(c3)OCO4)S2)cc1. The van der Waals surface area contributed by atoms with E-state index in [-0.39, 0.29) is 25.0 Å². The van der Waals surface area contributed by atoms with E-state index in [1.165, 1.54) is 11.8 Å². The van der Waals surface area contributed by atoms with Gasteiger partial charge in [-0.3, -0.25) is 14.5 Å². The van der Waals surface area contributed by atoms with Gasteiger partial charge in [0.25, 0.3) is 0 Å². The lowest BCUT2D eigenvalue weighted by molar-refractivity contribution is -0.129. The van der Waals surface area contributed by atoms with Crippen LogP contribution in [-0.2, 0) is 9.59 Å². The van der Waals surface area contributed by atoms with Crippen LogP contribution >= 0.6 is 11.8 Å². The summed E-state index contributed by atoms with van der Waals surface area (Å²) in [5.74, 6) is 1.66. The molecule has 0 aliphatic carbocycles. The summed E-state index contributed by atoms with van der Waals surface area (Å²) in [6.07, 6.45) is 1.04. The van der Waals surface area contributed by atoms with Crippen LogP contribution in [0.2, 0.25) is 0 Å². The van der Waals surface area contributed by atoms with Crippen LogP contribution in [-0.4, -0.2) is 47.1 Å². The largest absolute Gasteiger partial charge is 0.494 e. The molecule has 0 spiro atoms. The summed E-state index contributed by atoms with van der Waals surface area (Å²) in [6, 6.07) is 12.6. The molecule has 2 heterocycles. The van der Waals surface area contributed by atoms with E-state index in [1.54, 1.807) is 35.2 Å². The summed E-state index contributed by atoms with van der Waals surface area (Å²) in [5.41, 5.74) is 1.28. The average Bonchev–Trinajstić information content (AvgIpc) is 3.26. The van der Waals surface area contributed by atoms with Crippen molar-refractivity contribution in [3.05, 3.63) is 42.5 Å². The van der Waals surface area contributed by atoms with E-state index in [2.05, 4.69) is 10.3 Å². The second-order valence-corrected chi connectivity index (χ2v) is 8.41. The van der Waals surface area contributed by atoms with Crippen LogP contribution < -0.4 is 19.5 Å². The van der Waals surface area contributed by atoms with Gasteiger partial charge in [-0.25, -0.2) is 4.99 Å². The highest BCUT2D eigenvalue weighted by Gasteiger charge is 2.35.